The molecule has 2 aromatic rings. The van der Waals surface area contributed by atoms with Crippen LogP contribution >= 0.6 is 11.6 Å². The summed E-state index contributed by atoms with van der Waals surface area (Å²) in [6.45, 7) is 13.1. The minimum Gasteiger partial charge on any atom is -0.207 e. The molecule has 0 aromatic heterocycles. The minimum absolute atomic E-state index is 0.0349. The Morgan fingerprint density at radius 1 is 0.682 bits per heavy atom. The summed E-state index contributed by atoms with van der Waals surface area (Å²) in [6, 6.07) is 11.2. The van der Waals surface area contributed by atoms with E-state index in [0.29, 0.717) is 5.02 Å². The van der Waals surface area contributed by atoms with Gasteiger partial charge in [-0.25, -0.2) is 4.39 Å². The summed E-state index contributed by atoms with van der Waals surface area (Å²) in [5.41, 5.74) is 4.39. The minimum atomic E-state index is -0.305. The molecule has 0 fully saturated rings. The van der Waals surface area contributed by atoms with Crippen LogP contribution in [0.25, 0.3) is 11.1 Å². The Balaban J connectivity index is 2.70. The lowest BCUT2D eigenvalue weighted by atomic mass is 9.79. The van der Waals surface area contributed by atoms with Crippen LogP contribution in [0.1, 0.15) is 52.7 Å². The highest BCUT2D eigenvalue weighted by Crippen LogP contribution is 2.34. The molecule has 0 saturated heterocycles. The zero-order valence-electron chi connectivity index (χ0n) is 14.2. The number of hydrogen-bond donors (Lipinski definition) is 0. The number of halogens is 2. The molecule has 0 saturated carbocycles. The molecule has 0 aliphatic rings. The molecule has 2 aromatic carbocycles. The lowest BCUT2D eigenvalue weighted by Crippen LogP contribution is -2.16. The molecule has 22 heavy (non-hydrogen) atoms. The van der Waals surface area contributed by atoms with Gasteiger partial charge in [0.1, 0.15) is 5.82 Å². The molecular weight excluding hydrogens is 295 g/mol. The predicted molar refractivity (Wildman–Crippen MR) is 94.2 cm³/mol. The summed E-state index contributed by atoms with van der Waals surface area (Å²) < 4.78 is 13.7. The van der Waals surface area contributed by atoms with Crippen LogP contribution in [0.5, 0.6) is 0 Å². The second-order valence-electron chi connectivity index (χ2n) is 7.96. The van der Waals surface area contributed by atoms with Crippen LogP contribution in [0, 0.1) is 5.82 Å². The van der Waals surface area contributed by atoms with Crippen molar-refractivity contribution in [2.24, 2.45) is 0 Å². The summed E-state index contributed by atoms with van der Waals surface area (Å²) in [4.78, 5) is 0. The standard InChI is InChI=1S/C20H24ClF/c1-19(2,3)15-7-13(8-16(11-15)20(4,5)6)14-9-17(21)12-18(22)10-14/h7-12H,1-6H3. The van der Waals surface area contributed by atoms with Gasteiger partial charge in [0.25, 0.3) is 0 Å². The third-order valence-electron chi connectivity index (χ3n) is 3.86. The van der Waals surface area contributed by atoms with Crippen molar-refractivity contribution in [2.75, 3.05) is 0 Å². The van der Waals surface area contributed by atoms with Crippen molar-refractivity contribution in [1.29, 1.82) is 0 Å². The molecular formula is C20H24ClF. The smallest absolute Gasteiger partial charge is 0.125 e. The highest BCUT2D eigenvalue weighted by atomic mass is 35.5. The van der Waals surface area contributed by atoms with E-state index < -0.39 is 0 Å². The highest BCUT2D eigenvalue weighted by Gasteiger charge is 2.21. The second kappa shape index (κ2) is 5.70. The van der Waals surface area contributed by atoms with E-state index in [2.05, 4.69) is 59.7 Å². The Morgan fingerprint density at radius 3 is 1.55 bits per heavy atom. The second-order valence-corrected chi connectivity index (χ2v) is 8.39. The van der Waals surface area contributed by atoms with Crippen molar-refractivity contribution in [3.05, 3.63) is 58.4 Å². The van der Waals surface area contributed by atoms with Crippen LogP contribution in [-0.2, 0) is 10.8 Å². The molecule has 0 aliphatic carbocycles. The Bertz CT molecular complexity index is 635. The van der Waals surface area contributed by atoms with Gasteiger partial charge in [-0.2, -0.15) is 0 Å². The van der Waals surface area contributed by atoms with Gasteiger partial charge in [-0.15, -0.1) is 0 Å². The molecule has 0 radical (unpaired) electrons. The summed E-state index contributed by atoms with van der Waals surface area (Å²) >= 11 is 6.02. The lowest BCUT2D eigenvalue weighted by molar-refractivity contribution is 0.569. The van der Waals surface area contributed by atoms with Gasteiger partial charge in [-0.1, -0.05) is 71.3 Å². The fraction of sp³-hybridized carbons (Fsp3) is 0.400. The first-order valence-electron chi connectivity index (χ1n) is 7.59. The SMILES string of the molecule is CC(C)(C)c1cc(-c2cc(F)cc(Cl)c2)cc(C(C)(C)C)c1. The van der Waals surface area contributed by atoms with Crippen molar-refractivity contribution >= 4 is 11.6 Å². The lowest BCUT2D eigenvalue weighted by Gasteiger charge is -2.26. The summed E-state index contributed by atoms with van der Waals surface area (Å²) in [5.74, 6) is -0.305. The molecule has 118 valence electrons. The third kappa shape index (κ3) is 3.89. The summed E-state index contributed by atoms with van der Waals surface area (Å²) in [7, 11) is 0. The summed E-state index contributed by atoms with van der Waals surface area (Å²) in [6.07, 6.45) is 0. The first-order valence-corrected chi connectivity index (χ1v) is 7.97. The van der Waals surface area contributed by atoms with Gasteiger partial charge in [0.15, 0.2) is 0 Å². The quantitative estimate of drug-likeness (QED) is 0.546. The Morgan fingerprint density at radius 2 is 1.14 bits per heavy atom. The van der Waals surface area contributed by atoms with E-state index in [9.17, 15) is 4.39 Å². The van der Waals surface area contributed by atoms with Crippen molar-refractivity contribution in [2.45, 2.75) is 52.4 Å². The van der Waals surface area contributed by atoms with Gasteiger partial charge in [-0.05, 0) is 51.3 Å². The van der Waals surface area contributed by atoms with Crippen LogP contribution < -0.4 is 0 Å². The monoisotopic (exact) mass is 318 g/mol. The maximum atomic E-state index is 13.7. The normalized spacial score (nSPS) is 12.5. The van der Waals surface area contributed by atoms with Gasteiger partial charge in [0.05, 0.1) is 0 Å². The number of hydrogen-bond acceptors (Lipinski definition) is 0. The molecule has 0 bridgehead atoms. The molecule has 2 heteroatoms. The topological polar surface area (TPSA) is 0 Å². The Kier molecular flexibility index (Phi) is 4.41. The Hall–Kier alpha value is -1.34. The van der Waals surface area contributed by atoms with E-state index in [4.69, 9.17) is 11.6 Å². The summed E-state index contributed by atoms with van der Waals surface area (Å²) in [5, 5.41) is 0.425. The van der Waals surface area contributed by atoms with Gasteiger partial charge in [-0.3, -0.25) is 0 Å². The van der Waals surface area contributed by atoms with Crippen LogP contribution in [0.15, 0.2) is 36.4 Å². The molecule has 0 atom stereocenters. The zero-order valence-corrected chi connectivity index (χ0v) is 15.0. The molecule has 0 amide bonds. The average Bonchev–Trinajstić information content (AvgIpc) is 2.35. The third-order valence-corrected chi connectivity index (χ3v) is 4.08. The van der Waals surface area contributed by atoms with Crippen molar-refractivity contribution in [1.82, 2.24) is 0 Å². The van der Waals surface area contributed by atoms with E-state index >= 15 is 0 Å². The maximum Gasteiger partial charge on any atom is 0.125 e. The first kappa shape index (κ1) is 17.0. The van der Waals surface area contributed by atoms with Crippen molar-refractivity contribution in [3.63, 3.8) is 0 Å². The molecule has 0 spiro atoms. The van der Waals surface area contributed by atoms with Crippen LogP contribution in [-0.4, -0.2) is 0 Å². The largest absolute Gasteiger partial charge is 0.207 e. The number of benzene rings is 2. The van der Waals surface area contributed by atoms with E-state index in [0.717, 1.165) is 11.1 Å². The maximum absolute atomic E-state index is 13.7. The molecule has 0 heterocycles. The molecule has 2 rings (SSSR count). The fourth-order valence-corrected chi connectivity index (χ4v) is 2.60. The Labute approximate surface area is 138 Å². The predicted octanol–water partition coefficient (Wildman–Crippen LogP) is 6.74. The fourth-order valence-electron chi connectivity index (χ4n) is 2.38. The number of rotatable bonds is 1. The molecule has 0 unspecified atom stereocenters. The van der Waals surface area contributed by atoms with Crippen LogP contribution in [0.4, 0.5) is 4.39 Å². The van der Waals surface area contributed by atoms with Crippen LogP contribution in [0.2, 0.25) is 5.02 Å². The molecule has 0 aliphatic heterocycles. The van der Waals surface area contributed by atoms with Crippen molar-refractivity contribution < 1.29 is 4.39 Å². The average molecular weight is 319 g/mol. The van der Waals surface area contributed by atoms with Crippen LogP contribution in [0.3, 0.4) is 0 Å². The van der Waals surface area contributed by atoms with Gasteiger partial charge < -0.3 is 0 Å². The van der Waals surface area contributed by atoms with Gasteiger partial charge >= 0.3 is 0 Å². The highest BCUT2D eigenvalue weighted by molar-refractivity contribution is 6.30. The van der Waals surface area contributed by atoms with Gasteiger partial charge in [0, 0.05) is 5.02 Å². The zero-order chi connectivity index (χ0) is 16.7. The van der Waals surface area contributed by atoms with E-state index in [-0.39, 0.29) is 16.6 Å². The first-order chi connectivity index (χ1) is 9.96. The van der Waals surface area contributed by atoms with Gasteiger partial charge in [0.2, 0.25) is 0 Å². The van der Waals surface area contributed by atoms with E-state index in [1.165, 1.54) is 17.2 Å². The molecule has 0 N–H and O–H groups in total. The van der Waals surface area contributed by atoms with Crippen molar-refractivity contribution in [3.8, 4) is 11.1 Å². The van der Waals surface area contributed by atoms with E-state index in [1.54, 1.807) is 6.07 Å². The van der Waals surface area contributed by atoms with E-state index in [1.807, 2.05) is 6.07 Å². The molecule has 0 nitrogen and oxygen atoms in total.